The summed E-state index contributed by atoms with van der Waals surface area (Å²) in [6, 6.07) is 0. The third-order valence-electron chi connectivity index (χ3n) is 14.6. The second kappa shape index (κ2) is 62.2. The van der Waals surface area contributed by atoms with Crippen molar-refractivity contribution in [3.8, 4) is 0 Å². The molecule has 0 aromatic rings. The van der Waals surface area contributed by atoms with E-state index < -0.39 is 6.10 Å². The van der Waals surface area contributed by atoms with Gasteiger partial charge in [0.2, 0.25) is 0 Å². The van der Waals surface area contributed by atoms with Crippen LogP contribution in [0.1, 0.15) is 355 Å². The van der Waals surface area contributed by atoms with Crippen LogP contribution < -0.4 is 0 Å². The topological polar surface area (TPSA) is 78.9 Å². The third kappa shape index (κ3) is 60.4. The molecule has 0 saturated carbocycles. The van der Waals surface area contributed by atoms with Crippen molar-refractivity contribution in [3.63, 3.8) is 0 Å². The summed E-state index contributed by atoms with van der Waals surface area (Å²) in [6.07, 6.45) is 75.8. The molecule has 0 radical (unpaired) electrons. The first-order chi connectivity index (χ1) is 36.0. The molecule has 0 spiro atoms. The molecule has 0 aromatic heterocycles. The quantitative estimate of drug-likeness (QED) is 0.0261. The molecule has 0 aromatic carbocycles. The molecule has 6 nitrogen and oxygen atoms in total. The Morgan fingerprint density at radius 1 is 0.274 bits per heavy atom. The van der Waals surface area contributed by atoms with Gasteiger partial charge in [-0.05, 0) is 57.8 Å². The molecule has 0 aliphatic carbocycles. The van der Waals surface area contributed by atoms with E-state index in [9.17, 15) is 14.4 Å². The predicted molar refractivity (Wildman–Crippen MR) is 316 cm³/mol. The smallest absolute Gasteiger partial charge is 0.306 e. The standard InChI is InChI=1S/C67H124O6/c1-4-7-10-13-16-19-22-25-27-29-31-32-33-34-36-37-39-42-45-48-51-54-57-60-66(69)72-63-64(62-71-65(68)59-56-53-50-47-44-41-24-21-18-15-12-9-6-3)73-67(70)61-58-55-52-49-46-43-40-38-35-30-28-26-23-20-17-14-11-8-5-2/h17,20,26,28,35,38,64H,4-16,18-19,21-25,27,29-34,36-37,39-63H2,1-3H3/b20-17-,28-26-,38-35-. The highest BCUT2D eigenvalue weighted by Gasteiger charge is 2.19. The van der Waals surface area contributed by atoms with E-state index in [1.54, 1.807) is 0 Å². The summed E-state index contributed by atoms with van der Waals surface area (Å²) in [7, 11) is 0. The van der Waals surface area contributed by atoms with Crippen molar-refractivity contribution < 1.29 is 28.6 Å². The highest BCUT2D eigenvalue weighted by molar-refractivity contribution is 5.71. The number of allylic oxidation sites excluding steroid dienone is 6. The van der Waals surface area contributed by atoms with E-state index in [1.807, 2.05) is 0 Å². The van der Waals surface area contributed by atoms with Crippen molar-refractivity contribution in [3.05, 3.63) is 36.5 Å². The molecule has 0 amide bonds. The van der Waals surface area contributed by atoms with Crippen LogP contribution in [0.3, 0.4) is 0 Å². The number of rotatable bonds is 60. The van der Waals surface area contributed by atoms with Crippen LogP contribution in [0.25, 0.3) is 0 Å². The average Bonchev–Trinajstić information content (AvgIpc) is 3.39. The van der Waals surface area contributed by atoms with Crippen LogP contribution in [0.2, 0.25) is 0 Å². The van der Waals surface area contributed by atoms with Gasteiger partial charge in [-0.25, -0.2) is 0 Å². The molecule has 0 saturated heterocycles. The van der Waals surface area contributed by atoms with E-state index >= 15 is 0 Å². The van der Waals surface area contributed by atoms with E-state index in [0.717, 1.165) is 77.0 Å². The summed E-state index contributed by atoms with van der Waals surface area (Å²) >= 11 is 0. The summed E-state index contributed by atoms with van der Waals surface area (Å²) < 4.78 is 16.9. The van der Waals surface area contributed by atoms with E-state index in [1.165, 1.54) is 238 Å². The fourth-order valence-corrected chi connectivity index (χ4v) is 9.75. The van der Waals surface area contributed by atoms with Gasteiger partial charge in [0.1, 0.15) is 13.2 Å². The van der Waals surface area contributed by atoms with Crippen molar-refractivity contribution in [2.75, 3.05) is 13.2 Å². The van der Waals surface area contributed by atoms with Crippen LogP contribution in [0, 0.1) is 0 Å². The fourth-order valence-electron chi connectivity index (χ4n) is 9.75. The van der Waals surface area contributed by atoms with Gasteiger partial charge in [-0.15, -0.1) is 0 Å². The molecule has 0 bridgehead atoms. The lowest BCUT2D eigenvalue weighted by atomic mass is 10.0. The van der Waals surface area contributed by atoms with Crippen LogP contribution in [-0.4, -0.2) is 37.2 Å². The molecule has 0 fully saturated rings. The van der Waals surface area contributed by atoms with Crippen molar-refractivity contribution in [1.29, 1.82) is 0 Å². The Morgan fingerprint density at radius 3 is 0.795 bits per heavy atom. The SMILES string of the molecule is CCCCC/C=C\C/C=C\C/C=C\CCCCCCCCC(=O)OC(COC(=O)CCCCCCCCCCCCCCC)COC(=O)CCCCCCCCCCCCCCCCCCCCCCCCC. The number of esters is 3. The zero-order chi connectivity index (χ0) is 52.9. The lowest BCUT2D eigenvalue weighted by Crippen LogP contribution is -2.30. The Balaban J connectivity index is 4.28. The molecular weight excluding hydrogens is 901 g/mol. The van der Waals surface area contributed by atoms with E-state index in [-0.39, 0.29) is 31.1 Å². The largest absolute Gasteiger partial charge is 0.462 e. The van der Waals surface area contributed by atoms with Crippen LogP contribution >= 0.6 is 0 Å². The van der Waals surface area contributed by atoms with Crippen molar-refractivity contribution in [1.82, 2.24) is 0 Å². The second-order valence-corrected chi connectivity index (χ2v) is 22.0. The van der Waals surface area contributed by atoms with Crippen LogP contribution in [-0.2, 0) is 28.6 Å². The molecule has 0 rings (SSSR count). The zero-order valence-electron chi connectivity index (χ0n) is 49.2. The van der Waals surface area contributed by atoms with Gasteiger partial charge in [0.05, 0.1) is 0 Å². The van der Waals surface area contributed by atoms with E-state index in [4.69, 9.17) is 14.2 Å². The highest BCUT2D eigenvalue weighted by atomic mass is 16.6. The van der Waals surface area contributed by atoms with Gasteiger partial charge in [-0.1, -0.05) is 314 Å². The van der Waals surface area contributed by atoms with Gasteiger partial charge in [0, 0.05) is 19.3 Å². The van der Waals surface area contributed by atoms with Crippen LogP contribution in [0.15, 0.2) is 36.5 Å². The monoisotopic (exact) mass is 1020 g/mol. The number of carbonyl (C=O) groups excluding carboxylic acids is 3. The van der Waals surface area contributed by atoms with Gasteiger partial charge in [0.15, 0.2) is 6.10 Å². The maximum absolute atomic E-state index is 12.9. The fraction of sp³-hybridized carbons (Fsp3) is 0.866. The molecule has 1 unspecified atom stereocenters. The number of ether oxygens (including phenoxy) is 3. The molecule has 73 heavy (non-hydrogen) atoms. The number of unbranched alkanes of at least 4 members (excludes halogenated alkanes) is 43. The lowest BCUT2D eigenvalue weighted by Gasteiger charge is -2.18. The van der Waals surface area contributed by atoms with Crippen molar-refractivity contribution in [2.24, 2.45) is 0 Å². The molecule has 0 aliphatic heterocycles. The molecule has 0 heterocycles. The number of hydrogen-bond donors (Lipinski definition) is 0. The van der Waals surface area contributed by atoms with Gasteiger partial charge in [-0.2, -0.15) is 0 Å². The molecule has 1 atom stereocenters. The Bertz CT molecular complexity index is 1220. The van der Waals surface area contributed by atoms with Gasteiger partial charge >= 0.3 is 17.9 Å². The van der Waals surface area contributed by atoms with Gasteiger partial charge in [0.25, 0.3) is 0 Å². The molecule has 0 N–H and O–H groups in total. The van der Waals surface area contributed by atoms with E-state index in [0.29, 0.717) is 19.3 Å². The second-order valence-electron chi connectivity index (χ2n) is 22.0. The van der Waals surface area contributed by atoms with Gasteiger partial charge < -0.3 is 14.2 Å². The molecule has 428 valence electrons. The Labute approximate surface area is 455 Å². The first kappa shape index (κ1) is 70.6. The first-order valence-electron chi connectivity index (χ1n) is 32.5. The Morgan fingerprint density at radius 2 is 0.493 bits per heavy atom. The minimum absolute atomic E-state index is 0.0722. The number of carbonyl (C=O) groups is 3. The lowest BCUT2D eigenvalue weighted by molar-refractivity contribution is -0.167. The maximum atomic E-state index is 12.9. The van der Waals surface area contributed by atoms with Crippen molar-refractivity contribution >= 4 is 17.9 Å². The first-order valence-corrected chi connectivity index (χ1v) is 32.5. The normalized spacial score (nSPS) is 12.2. The molecule has 6 heteroatoms. The minimum atomic E-state index is -0.776. The summed E-state index contributed by atoms with van der Waals surface area (Å²) in [5.41, 5.74) is 0. The Kier molecular flexibility index (Phi) is 60.2. The zero-order valence-corrected chi connectivity index (χ0v) is 49.2. The average molecular weight is 1030 g/mol. The number of hydrogen-bond acceptors (Lipinski definition) is 6. The maximum Gasteiger partial charge on any atom is 0.306 e. The molecule has 0 aliphatic rings. The summed E-state index contributed by atoms with van der Waals surface area (Å²) in [5, 5.41) is 0. The van der Waals surface area contributed by atoms with Crippen LogP contribution in [0.5, 0.6) is 0 Å². The van der Waals surface area contributed by atoms with E-state index in [2.05, 4.69) is 57.2 Å². The summed E-state index contributed by atoms with van der Waals surface area (Å²) in [5.74, 6) is -0.860. The summed E-state index contributed by atoms with van der Waals surface area (Å²) in [4.78, 5) is 38.3. The predicted octanol–water partition coefficient (Wildman–Crippen LogP) is 22.0. The van der Waals surface area contributed by atoms with Crippen LogP contribution in [0.4, 0.5) is 0 Å². The third-order valence-corrected chi connectivity index (χ3v) is 14.6. The minimum Gasteiger partial charge on any atom is -0.462 e. The van der Waals surface area contributed by atoms with Gasteiger partial charge in [-0.3, -0.25) is 14.4 Å². The van der Waals surface area contributed by atoms with Crippen molar-refractivity contribution in [2.45, 2.75) is 361 Å². The molecular formula is C67H124O6. The highest BCUT2D eigenvalue weighted by Crippen LogP contribution is 2.18. The Hall–Kier alpha value is -2.37. The summed E-state index contributed by atoms with van der Waals surface area (Å²) in [6.45, 7) is 6.66.